The van der Waals surface area contributed by atoms with Gasteiger partial charge in [-0.05, 0) is 36.6 Å². The standard InChI is InChI=1S/C14H16N2/c1-10-3-4-11(2)12(7-10)8-13-9-16-6-5-14(13)15/h3-7,9H,8H2,1-2H3,(H2,15,16). The van der Waals surface area contributed by atoms with Crippen LogP contribution in [-0.2, 0) is 6.42 Å². The van der Waals surface area contributed by atoms with Gasteiger partial charge in [0.05, 0.1) is 0 Å². The Morgan fingerprint density at radius 1 is 1.12 bits per heavy atom. The summed E-state index contributed by atoms with van der Waals surface area (Å²) < 4.78 is 0. The monoisotopic (exact) mass is 212 g/mol. The molecule has 0 amide bonds. The number of aromatic nitrogens is 1. The van der Waals surface area contributed by atoms with Crippen LogP contribution >= 0.6 is 0 Å². The minimum Gasteiger partial charge on any atom is -0.398 e. The molecule has 0 saturated carbocycles. The van der Waals surface area contributed by atoms with Crippen molar-refractivity contribution >= 4 is 5.69 Å². The quantitative estimate of drug-likeness (QED) is 0.831. The van der Waals surface area contributed by atoms with E-state index in [1.807, 2.05) is 12.3 Å². The Morgan fingerprint density at radius 3 is 2.69 bits per heavy atom. The zero-order valence-corrected chi connectivity index (χ0v) is 9.70. The summed E-state index contributed by atoms with van der Waals surface area (Å²) in [7, 11) is 0. The van der Waals surface area contributed by atoms with E-state index in [2.05, 4.69) is 37.0 Å². The van der Waals surface area contributed by atoms with Gasteiger partial charge in [-0.3, -0.25) is 4.98 Å². The third kappa shape index (κ3) is 2.22. The molecule has 1 aromatic heterocycles. The Labute approximate surface area is 96.1 Å². The van der Waals surface area contributed by atoms with Crippen LogP contribution in [0.5, 0.6) is 0 Å². The van der Waals surface area contributed by atoms with Crippen LogP contribution in [0.15, 0.2) is 36.7 Å². The molecule has 2 nitrogen and oxygen atoms in total. The number of rotatable bonds is 2. The molecule has 0 bridgehead atoms. The van der Waals surface area contributed by atoms with Crippen molar-refractivity contribution in [2.24, 2.45) is 0 Å². The summed E-state index contributed by atoms with van der Waals surface area (Å²) in [5.74, 6) is 0. The average Bonchev–Trinajstić information content (AvgIpc) is 2.27. The predicted molar refractivity (Wildman–Crippen MR) is 67.4 cm³/mol. The molecular weight excluding hydrogens is 196 g/mol. The van der Waals surface area contributed by atoms with Gasteiger partial charge >= 0.3 is 0 Å². The van der Waals surface area contributed by atoms with Crippen molar-refractivity contribution in [3.8, 4) is 0 Å². The molecule has 2 aromatic rings. The first kappa shape index (κ1) is 10.7. The highest BCUT2D eigenvalue weighted by Gasteiger charge is 2.03. The van der Waals surface area contributed by atoms with Crippen LogP contribution in [0.3, 0.4) is 0 Å². The van der Waals surface area contributed by atoms with Gasteiger partial charge in [0.15, 0.2) is 0 Å². The number of hydrogen-bond donors (Lipinski definition) is 1. The zero-order valence-electron chi connectivity index (χ0n) is 9.70. The van der Waals surface area contributed by atoms with Gasteiger partial charge in [0.25, 0.3) is 0 Å². The molecule has 2 heteroatoms. The number of pyridine rings is 1. The molecule has 0 aliphatic carbocycles. The molecular formula is C14H16N2. The van der Waals surface area contributed by atoms with Gasteiger partial charge in [-0.1, -0.05) is 23.8 Å². The second-order valence-corrected chi connectivity index (χ2v) is 4.18. The maximum absolute atomic E-state index is 5.92. The molecule has 2 rings (SSSR count). The first-order valence-electron chi connectivity index (χ1n) is 5.41. The minimum absolute atomic E-state index is 0.816. The van der Waals surface area contributed by atoms with Crippen molar-refractivity contribution in [2.45, 2.75) is 20.3 Å². The van der Waals surface area contributed by atoms with Crippen molar-refractivity contribution in [2.75, 3.05) is 5.73 Å². The Balaban J connectivity index is 2.34. The molecule has 0 aliphatic rings. The van der Waals surface area contributed by atoms with Gasteiger partial charge in [-0.15, -0.1) is 0 Å². The van der Waals surface area contributed by atoms with Gasteiger partial charge in [-0.2, -0.15) is 0 Å². The lowest BCUT2D eigenvalue weighted by molar-refractivity contribution is 1.12. The second-order valence-electron chi connectivity index (χ2n) is 4.18. The first-order chi connectivity index (χ1) is 7.66. The van der Waals surface area contributed by atoms with E-state index in [-0.39, 0.29) is 0 Å². The Bertz CT molecular complexity index is 504. The van der Waals surface area contributed by atoms with Gasteiger partial charge in [0.2, 0.25) is 0 Å². The van der Waals surface area contributed by atoms with Gasteiger partial charge in [-0.25, -0.2) is 0 Å². The maximum atomic E-state index is 5.92. The maximum Gasteiger partial charge on any atom is 0.0380 e. The molecule has 0 atom stereocenters. The molecule has 1 aromatic carbocycles. The normalized spacial score (nSPS) is 10.4. The molecule has 16 heavy (non-hydrogen) atoms. The summed E-state index contributed by atoms with van der Waals surface area (Å²) in [5, 5.41) is 0. The van der Waals surface area contributed by atoms with E-state index in [0.29, 0.717) is 0 Å². The Hall–Kier alpha value is -1.83. The van der Waals surface area contributed by atoms with E-state index >= 15 is 0 Å². The third-order valence-corrected chi connectivity index (χ3v) is 2.83. The highest BCUT2D eigenvalue weighted by atomic mass is 14.7. The molecule has 0 spiro atoms. The van der Waals surface area contributed by atoms with Crippen molar-refractivity contribution in [3.63, 3.8) is 0 Å². The fourth-order valence-corrected chi connectivity index (χ4v) is 1.78. The Kier molecular flexibility index (Phi) is 2.91. The van der Waals surface area contributed by atoms with Crippen molar-refractivity contribution in [1.82, 2.24) is 4.98 Å². The summed E-state index contributed by atoms with van der Waals surface area (Å²) in [6.07, 6.45) is 4.42. The van der Waals surface area contributed by atoms with Crippen LogP contribution in [0.2, 0.25) is 0 Å². The van der Waals surface area contributed by atoms with E-state index in [1.165, 1.54) is 16.7 Å². The van der Waals surface area contributed by atoms with E-state index in [0.717, 1.165) is 17.7 Å². The second kappa shape index (κ2) is 4.35. The Morgan fingerprint density at radius 2 is 1.94 bits per heavy atom. The minimum atomic E-state index is 0.816. The van der Waals surface area contributed by atoms with Crippen molar-refractivity contribution in [1.29, 1.82) is 0 Å². The SMILES string of the molecule is Cc1ccc(C)c(Cc2cnccc2N)c1. The lowest BCUT2D eigenvalue weighted by Crippen LogP contribution is -1.98. The average molecular weight is 212 g/mol. The number of hydrogen-bond acceptors (Lipinski definition) is 2. The fraction of sp³-hybridized carbons (Fsp3) is 0.214. The predicted octanol–water partition coefficient (Wildman–Crippen LogP) is 2.87. The number of benzene rings is 1. The zero-order chi connectivity index (χ0) is 11.5. The van der Waals surface area contributed by atoms with Gasteiger partial charge in [0.1, 0.15) is 0 Å². The number of nitrogen functional groups attached to an aromatic ring is 1. The summed E-state index contributed by atoms with van der Waals surface area (Å²) in [6.45, 7) is 4.23. The largest absolute Gasteiger partial charge is 0.398 e. The highest BCUT2D eigenvalue weighted by Crippen LogP contribution is 2.18. The van der Waals surface area contributed by atoms with Crippen LogP contribution in [0.1, 0.15) is 22.3 Å². The van der Waals surface area contributed by atoms with E-state index in [9.17, 15) is 0 Å². The molecule has 1 heterocycles. The molecule has 0 unspecified atom stereocenters. The molecule has 2 N–H and O–H groups in total. The van der Waals surface area contributed by atoms with Crippen molar-refractivity contribution < 1.29 is 0 Å². The summed E-state index contributed by atoms with van der Waals surface area (Å²) in [5.41, 5.74) is 11.7. The molecule has 82 valence electrons. The van der Waals surface area contributed by atoms with Crippen LogP contribution in [0.4, 0.5) is 5.69 Å². The van der Waals surface area contributed by atoms with E-state index in [1.54, 1.807) is 6.20 Å². The lowest BCUT2D eigenvalue weighted by atomic mass is 9.99. The summed E-state index contributed by atoms with van der Waals surface area (Å²) in [4.78, 5) is 4.11. The molecule has 0 fully saturated rings. The van der Waals surface area contributed by atoms with Gasteiger partial charge < -0.3 is 5.73 Å². The lowest BCUT2D eigenvalue weighted by Gasteiger charge is -2.08. The number of aryl methyl sites for hydroxylation is 2. The molecule has 0 radical (unpaired) electrons. The first-order valence-corrected chi connectivity index (χ1v) is 5.41. The summed E-state index contributed by atoms with van der Waals surface area (Å²) in [6, 6.07) is 8.34. The topological polar surface area (TPSA) is 38.9 Å². The smallest absolute Gasteiger partial charge is 0.0380 e. The number of anilines is 1. The number of nitrogens with two attached hydrogens (primary N) is 1. The van der Waals surface area contributed by atoms with E-state index in [4.69, 9.17) is 5.73 Å². The fourth-order valence-electron chi connectivity index (χ4n) is 1.78. The number of nitrogens with zero attached hydrogens (tertiary/aromatic N) is 1. The van der Waals surface area contributed by atoms with Crippen LogP contribution in [0, 0.1) is 13.8 Å². The highest BCUT2D eigenvalue weighted by molar-refractivity contribution is 5.47. The van der Waals surface area contributed by atoms with Crippen LogP contribution < -0.4 is 5.73 Å². The third-order valence-electron chi connectivity index (χ3n) is 2.83. The summed E-state index contributed by atoms with van der Waals surface area (Å²) >= 11 is 0. The molecule has 0 saturated heterocycles. The van der Waals surface area contributed by atoms with Crippen molar-refractivity contribution in [3.05, 3.63) is 58.9 Å². The van der Waals surface area contributed by atoms with Crippen LogP contribution in [0.25, 0.3) is 0 Å². The molecule has 0 aliphatic heterocycles. The van der Waals surface area contributed by atoms with Gasteiger partial charge in [0, 0.05) is 24.5 Å². The van der Waals surface area contributed by atoms with Crippen LogP contribution in [-0.4, -0.2) is 4.98 Å². The van der Waals surface area contributed by atoms with E-state index < -0.39 is 0 Å².